The van der Waals surface area contributed by atoms with Gasteiger partial charge in [0.05, 0.1) is 0 Å². The lowest BCUT2D eigenvalue weighted by Crippen LogP contribution is -2.36. The molecule has 104 valence electrons. The fourth-order valence-corrected chi connectivity index (χ4v) is 3.00. The molecule has 1 N–H and O–H groups in total. The van der Waals surface area contributed by atoms with E-state index in [0.717, 1.165) is 40.6 Å². The van der Waals surface area contributed by atoms with Crippen LogP contribution < -0.4 is 5.32 Å². The SMILES string of the molecule is C=C1CCC(n2c3ncccc3c3cccnc32)C(=O)N1. The predicted molar refractivity (Wildman–Crippen MR) is 80.6 cm³/mol. The molecule has 0 spiro atoms. The van der Waals surface area contributed by atoms with Crippen LogP contribution >= 0.6 is 0 Å². The summed E-state index contributed by atoms with van der Waals surface area (Å²) in [6.45, 7) is 3.83. The van der Waals surface area contributed by atoms with Crippen LogP contribution in [-0.4, -0.2) is 20.4 Å². The summed E-state index contributed by atoms with van der Waals surface area (Å²) in [5, 5.41) is 4.89. The van der Waals surface area contributed by atoms with Gasteiger partial charge in [0.1, 0.15) is 17.3 Å². The van der Waals surface area contributed by atoms with E-state index in [1.54, 1.807) is 12.4 Å². The Labute approximate surface area is 121 Å². The smallest absolute Gasteiger partial charge is 0.247 e. The third kappa shape index (κ3) is 1.74. The molecule has 3 aromatic rings. The highest BCUT2D eigenvalue weighted by Gasteiger charge is 2.29. The summed E-state index contributed by atoms with van der Waals surface area (Å²) in [5.74, 6) is -0.0404. The molecule has 3 aromatic heterocycles. The number of hydrogen-bond acceptors (Lipinski definition) is 3. The number of pyridine rings is 2. The van der Waals surface area contributed by atoms with E-state index >= 15 is 0 Å². The Bertz CT molecular complexity index is 827. The van der Waals surface area contributed by atoms with Crippen molar-refractivity contribution in [3.63, 3.8) is 0 Å². The Morgan fingerprint density at radius 3 is 2.33 bits per heavy atom. The van der Waals surface area contributed by atoms with Crippen LogP contribution in [0, 0.1) is 0 Å². The Kier molecular flexibility index (Phi) is 2.54. The van der Waals surface area contributed by atoms with Crippen LogP contribution in [-0.2, 0) is 4.79 Å². The Morgan fingerprint density at radius 1 is 1.14 bits per heavy atom. The van der Waals surface area contributed by atoms with Crippen LogP contribution in [0.4, 0.5) is 0 Å². The molecule has 5 nitrogen and oxygen atoms in total. The van der Waals surface area contributed by atoms with Crippen LogP contribution in [0.1, 0.15) is 18.9 Å². The molecule has 1 fully saturated rings. The van der Waals surface area contributed by atoms with Crippen molar-refractivity contribution in [1.29, 1.82) is 0 Å². The first kappa shape index (κ1) is 12.1. The number of carbonyl (C=O) groups excluding carboxylic acids is 1. The molecular weight excluding hydrogens is 264 g/mol. The number of carbonyl (C=O) groups is 1. The van der Waals surface area contributed by atoms with Crippen LogP contribution in [0.2, 0.25) is 0 Å². The minimum Gasteiger partial charge on any atom is -0.329 e. The van der Waals surface area contributed by atoms with E-state index in [1.165, 1.54) is 0 Å². The maximum Gasteiger partial charge on any atom is 0.247 e. The number of piperidine rings is 1. The molecular formula is C16H14N4O. The molecule has 0 aliphatic carbocycles. The van der Waals surface area contributed by atoms with Crippen LogP contribution in [0.3, 0.4) is 0 Å². The molecule has 0 aromatic carbocycles. The second kappa shape index (κ2) is 4.41. The normalized spacial score (nSPS) is 19.1. The number of amides is 1. The first-order chi connectivity index (χ1) is 10.3. The topological polar surface area (TPSA) is 59.8 Å². The molecule has 1 saturated heterocycles. The van der Waals surface area contributed by atoms with Gasteiger partial charge in [-0.3, -0.25) is 9.36 Å². The summed E-state index contributed by atoms with van der Waals surface area (Å²) >= 11 is 0. The molecule has 5 heteroatoms. The van der Waals surface area contributed by atoms with Crippen molar-refractivity contribution in [2.45, 2.75) is 18.9 Å². The van der Waals surface area contributed by atoms with Crippen molar-refractivity contribution in [2.75, 3.05) is 0 Å². The van der Waals surface area contributed by atoms with Gasteiger partial charge in [-0.2, -0.15) is 0 Å². The lowest BCUT2D eigenvalue weighted by Gasteiger charge is -2.25. The monoisotopic (exact) mass is 278 g/mol. The van der Waals surface area contributed by atoms with E-state index < -0.39 is 0 Å². The molecule has 4 rings (SSSR count). The van der Waals surface area contributed by atoms with Gasteiger partial charge in [-0.25, -0.2) is 9.97 Å². The highest BCUT2D eigenvalue weighted by molar-refractivity contribution is 6.06. The van der Waals surface area contributed by atoms with Gasteiger partial charge in [0.25, 0.3) is 0 Å². The van der Waals surface area contributed by atoms with Crippen LogP contribution in [0.5, 0.6) is 0 Å². The number of hydrogen-bond donors (Lipinski definition) is 1. The zero-order valence-corrected chi connectivity index (χ0v) is 11.4. The average molecular weight is 278 g/mol. The van der Waals surface area contributed by atoms with Crippen molar-refractivity contribution in [3.05, 3.63) is 48.9 Å². The van der Waals surface area contributed by atoms with E-state index in [4.69, 9.17) is 0 Å². The zero-order valence-electron chi connectivity index (χ0n) is 11.4. The number of nitrogens with one attached hydrogen (secondary N) is 1. The van der Waals surface area contributed by atoms with E-state index in [9.17, 15) is 4.79 Å². The molecule has 1 aliphatic heterocycles. The van der Waals surface area contributed by atoms with Crippen molar-refractivity contribution >= 4 is 28.0 Å². The Morgan fingerprint density at radius 2 is 1.76 bits per heavy atom. The average Bonchev–Trinajstić information content (AvgIpc) is 2.82. The molecule has 1 unspecified atom stereocenters. The molecule has 1 atom stereocenters. The minimum atomic E-state index is -0.291. The fraction of sp³-hybridized carbons (Fsp3) is 0.188. The molecule has 0 bridgehead atoms. The maximum absolute atomic E-state index is 12.3. The third-order valence-electron chi connectivity index (χ3n) is 3.95. The predicted octanol–water partition coefficient (Wildman–Crippen LogP) is 2.55. The second-order valence-corrected chi connectivity index (χ2v) is 5.27. The first-order valence-electron chi connectivity index (χ1n) is 6.94. The van der Waals surface area contributed by atoms with Gasteiger partial charge in [-0.1, -0.05) is 6.58 Å². The van der Waals surface area contributed by atoms with Gasteiger partial charge in [-0.15, -0.1) is 0 Å². The summed E-state index contributed by atoms with van der Waals surface area (Å²) in [6.07, 6.45) is 4.99. The van der Waals surface area contributed by atoms with Gasteiger partial charge in [0, 0.05) is 28.9 Å². The number of aromatic nitrogens is 3. The summed E-state index contributed by atoms with van der Waals surface area (Å²) in [5.41, 5.74) is 2.38. The van der Waals surface area contributed by atoms with Gasteiger partial charge < -0.3 is 5.32 Å². The molecule has 0 radical (unpaired) electrons. The molecule has 0 saturated carbocycles. The highest BCUT2D eigenvalue weighted by atomic mass is 16.2. The maximum atomic E-state index is 12.3. The number of rotatable bonds is 1. The number of nitrogens with zero attached hydrogens (tertiary/aromatic N) is 3. The number of fused-ring (bicyclic) bond motifs is 3. The molecule has 4 heterocycles. The van der Waals surface area contributed by atoms with E-state index in [0.29, 0.717) is 0 Å². The Hall–Kier alpha value is -2.69. The largest absolute Gasteiger partial charge is 0.329 e. The summed E-state index contributed by atoms with van der Waals surface area (Å²) in [4.78, 5) is 21.3. The van der Waals surface area contributed by atoms with Gasteiger partial charge in [0.2, 0.25) is 5.91 Å². The van der Waals surface area contributed by atoms with Gasteiger partial charge >= 0.3 is 0 Å². The minimum absolute atomic E-state index is 0.0404. The van der Waals surface area contributed by atoms with E-state index in [2.05, 4.69) is 21.9 Å². The second-order valence-electron chi connectivity index (χ2n) is 5.27. The first-order valence-corrected chi connectivity index (χ1v) is 6.94. The lowest BCUT2D eigenvalue weighted by atomic mass is 10.0. The Balaban J connectivity index is 2.02. The standard InChI is InChI=1S/C16H14N4O/c1-10-6-7-13(16(21)19-10)20-14-11(4-2-8-17-14)12-5-3-9-18-15(12)20/h2-5,8-9,13H,1,6-7H2,(H,19,21). The van der Waals surface area contributed by atoms with Crippen molar-refractivity contribution < 1.29 is 4.79 Å². The van der Waals surface area contributed by atoms with Gasteiger partial charge in [0.15, 0.2) is 0 Å². The van der Waals surface area contributed by atoms with Crippen molar-refractivity contribution in [2.24, 2.45) is 0 Å². The summed E-state index contributed by atoms with van der Waals surface area (Å²) in [6, 6.07) is 7.55. The van der Waals surface area contributed by atoms with Crippen LogP contribution in [0.15, 0.2) is 48.9 Å². The molecule has 1 aliphatic rings. The zero-order chi connectivity index (χ0) is 14.4. The van der Waals surface area contributed by atoms with Crippen molar-refractivity contribution in [3.8, 4) is 0 Å². The molecule has 21 heavy (non-hydrogen) atoms. The summed E-state index contributed by atoms with van der Waals surface area (Å²) < 4.78 is 1.95. The summed E-state index contributed by atoms with van der Waals surface area (Å²) in [7, 11) is 0. The van der Waals surface area contributed by atoms with E-state index in [1.807, 2.05) is 28.8 Å². The van der Waals surface area contributed by atoms with Crippen LogP contribution in [0.25, 0.3) is 22.1 Å². The number of allylic oxidation sites excluding steroid dienone is 1. The lowest BCUT2D eigenvalue weighted by molar-refractivity contribution is -0.124. The van der Waals surface area contributed by atoms with Crippen molar-refractivity contribution in [1.82, 2.24) is 19.9 Å². The third-order valence-corrected chi connectivity index (χ3v) is 3.95. The molecule has 1 amide bonds. The highest BCUT2D eigenvalue weighted by Crippen LogP contribution is 2.32. The fourth-order valence-electron chi connectivity index (χ4n) is 3.00. The quantitative estimate of drug-likeness (QED) is 0.744. The van der Waals surface area contributed by atoms with Gasteiger partial charge in [-0.05, 0) is 37.1 Å². The van der Waals surface area contributed by atoms with E-state index in [-0.39, 0.29) is 11.9 Å².